The van der Waals surface area contributed by atoms with Gasteiger partial charge in [-0.1, -0.05) is 90.1 Å². The molecule has 0 saturated carbocycles. The van der Waals surface area contributed by atoms with Crippen molar-refractivity contribution in [2.75, 3.05) is 24.9 Å². The fraction of sp³-hybridized carbons (Fsp3) is 0.405. The number of rotatable bonds is 19. The number of halogens is 1. The maximum absolute atomic E-state index is 12.7. The van der Waals surface area contributed by atoms with Gasteiger partial charge >= 0.3 is 11.9 Å². The summed E-state index contributed by atoms with van der Waals surface area (Å²) < 4.78 is 16.1. The molecule has 0 bridgehead atoms. The highest BCUT2D eigenvalue weighted by atomic mass is 79.9. The van der Waals surface area contributed by atoms with E-state index in [-0.39, 0.29) is 17.8 Å². The zero-order chi connectivity index (χ0) is 35.0. The number of para-hydroxylation sites is 2. The van der Waals surface area contributed by atoms with E-state index in [0.717, 1.165) is 41.4 Å². The molecule has 3 rings (SSSR count). The number of esters is 2. The average Bonchev–Trinajstić information content (AvgIpc) is 3.10. The van der Waals surface area contributed by atoms with Crippen LogP contribution in [0.1, 0.15) is 69.8 Å². The topological polar surface area (TPSA) is 140 Å². The number of aliphatic hydroxyl groups excluding tert-OH is 1. The molecule has 11 heteroatoms. The van der Waals surface area contributed by atoms with Crippen LogP contribution in [-0.4, -0.2) is 55.3 Å². The molecule has 0 spiro atoms. The highest BCUT2D eigenvalue weighted by Crippen LogP contribution is 2.16. The average molecular weight is 728 g/mol. The van der Waals surface area contributed by atoms with Gasteiger partial charge in [0.1, 0.15) is 12.2 Å². The lowest BCUT2D eigenvalue weighted by Gasteiger charge is -2.18. The van der Waals surface area contributed by atoms with E-state index in [1.807, 2.05) is 72.8 Å². The lowest BCUT2D eigenvalue weighted by atomic mass is 10.1. The van der Waals surface area contributed by atoms with Gasteiger partial charge in [0, 0.05) is 28.7 Å². The minimum atomic E-state index is -1.02. The number of ether oxygens (including phenoxy) is 3. The van der Waals surface area contributed by atoms with Crippen molar-refractivity contribution in [2.24, 2.45) is 0 Å². The first-order chi connectivity index (χ1) is 23.2. The number of benzene rings is 3. The molecule has 10 nitrogen and oxygen atoms in total. The Labute approximate surface area is 291 Å². The maximum atomic E-state index is 12.7. The van der Waals surface area contributed by atoms with Gasteiger partial charge in [0.05, 0.1) is 20.8 Å². The number of carbonyl (C=O) groups excluding carboxylic acids is 4. The van der Waals surface area contributed by atoms with Crippen LogP contribution in [0.5, 0.6) is 0 Å². The first kappa shape index (κ1) is 40.1. The first-order valence-corrected chi connectivity index (χ1v) is 16.9. The standard InChI is InChI=1S/C22H26BrNO4.C15H21NO4/c1-27-21(25)11-7-3-6-10-20(22(26)24-19-8-4-2-5-9-19)28-16-17-12-14-18(23)15-13-17;1-20-14(18)11-7-3-6-10-13(17)15(19)16-12-8-4-2-5-9-12/h2,4-5,8-9,12-15,20H,3,6-7,10-11,16H2,1H3,(H,24,26);2,4-5,8-9,13,17H,3,6-7,10-11H2,1H3,(H,16,19). The van der Waals surface area contributed by atoms with Gasteiger partial charge in [-0.3, -0.25) is 19.2 Å². The molecule has 2 unspecified atom stereocenters. The van der Waals surface area contributed by atoms with Gasteiger partial charge in [0.25, 0.3) is 11.8 Å². The number of hydrogen-bond donors (Lipinski definition) is 3. The van der Waals surface area contributed by atoms with Crippen molar-refractivity contribution >= 4 is 51.1 Å². The predicted octanol–water partition coefficient (Wildman–Crippen LogP) is 7.21. The highest BCUT2D eigenvalue weighted by molar-refractivity contribution is 9.10. The number of methoxy groups -OCH3 is 2. The van der Waals surface area contributed by atoms with Gasteiger partial charge in [-0.15, -0.1) is 0 Å². The van der Waals surface area contributed by atoms with Crippen LogP contribution in [0.3, 0.4) is 0 Å². The third kappa shape index (κ3) is 17.7. The van der Waals surface area contributed by atoms with Crippen molar-refractivity contribution in [3.8, 4) is 0 Å². The Morgan fingerprint density at radius 1 is 0.646 bits per heavy atom. The van der Waals surface area contributed by atoms with Gasteiger partial charge in [0.15, 0.2) is 0 Å². The summed E-state index contributed by atoms with van der Waals surface area (Å²) in [5.41, 5.74) is 2.42. The van der Waals surface area contributed by atoms with Gasteiger partial charge < -0.3 is 30.0 Å². The van der Waals surface area contributed by atoms with Crippen LogP contribution in [-0.2, 0) is 40.0 Å². The second-order valence-corrected chi connectivity index (χ2v) is 11.9. The molecule has 2 atom stereocenters. The van der Waals surface area contributed by atoms with E-state index in [0.29, 0.717) is 50.8 Å². The third-order valence-corrected chi connectivity index (χ3v) is 7.73. The Bertz CT molecular complexity index is 1360. The molecule has 2 amide bonds. The molecule has 260 valence electrons. The third-order valence-electron chi connectivity index (χ3n) is 7.20. The molecule has 3 N–H and O–H groups in total. The van der Waals surface area contributed by atoms with Gasteiger partial charge in [-0.05, 0) is 67.6 Å². The van der Waals surface area contributed by atoms with Gasteiger partial charge in [-0.25, -0.2) is 0 Å². The van der Waals surface area contributed by atoms with E-state index < -0.39 is 18.1 Å². The molecule has 0 aliphatic heterocycles. The molecular formula is C37H47BrN2O8. The Balaban J connectivity index is 0.000000353. The van der Waals surface area contributed by atoms with E-state index in [4.69, 9.17) is 4.74 Å². The van der Waals surface area contributed by atoms with Gasteiger partial charge in [-0.2, -0.15) is 0 Å². The van der Waals surface area contributed by atoms with Crippen molar-refractivity contribution in [3.63, 3.8) is 0 Å². The lowest BCUT2D eigenvalue weighted by molar-refractivity contribution is -0.141. The summed E-state index contributed by atoms with van der Waals surface area (Å²) in [6.07, 6.45) is 4.75. The first-order valence-electron chi connectivity index (χ1n) is 16.1. The minimum Gasteiger partial charge on any atom is -0.469 e. The molecule has 48 heavy (non-hydrogen) atoms. The Kier molecular flexibility index (Phi) is 20.2. The van der Waals surface area contributed by atoms with Crippen molar-refractivity contribution in [3.05, 3.63) is 95.0 Å². The van der Waals surface area contributed by atoms with Crippen LogP contribution in [0.2, 0.25) is 0 Å². The van der Waals surface area contributed by atoms with Crippen LogP contribution in [0.25, 0.3) is 0 Å². The molecular weight excluding hydrogens is 680 g/mol. The van der Waals surface area contributed by atoms with Crippen molar-refractivity contribution in [2.45, 2.75) is 83.0 Å². The second-order valence-electron chi connectivity index (χ2n) is 11.0. The number of anilines is 2. The summed E-state index contributed by atoms with van der Waals surface area (Å²) in [4.78, 5) is 46.5. The van der Waals surface area contributed by atoms with Gasteiger partial charge in [0.2, 0.25) is 0 Å². The van der Waals surface area contributed by atoms with Crippen LogP contribution in [0.4, 0.5) is 11.4 Å². The molecule has 0 fully saturated rings. The quantitative estimate of drug-likeness (QED) is 0.0870. The number of amides is 2. The summed E-state index contributed by atoms with van der Waals surface area (Å²) in [7, 11) is 2.75. The SMILES string of the molecule is COC(=O)CCCCCC(O)C(=O)Nc1ccccc1.COC(=O)CCCCCC(OCc1ccc(Br)cc1)C(=O)Nc1ccccc1. The molecule has 3 aromatic carbocycles. The van der Waals surface area contributed by atoms with Crippen LogP contribution >= 0.6 is 15.9 Å². The van der Waals surface area contributed by atoms with E-state index >= 15 is 0 Å². The summed E-state index contributed by atoms with van der Waals surface area (Å²) in [5.74, 6) is -0.988. The molecule has 3 aromatic rings. The summed E-state index contributed by atoms with van der Waals surface area (Å²) in [6.45, 7) is 0.363. The van der Waals surface area contributed by atoms with Crippen LogP contribution in [0.15, 0.2) is 89.4 Å². The number of hydrogen-bond acceptors (Lipinski definition) is 8. The zero-order valence-corrected chi connectivity index (χ0v) is 29.3. The Morgan fingerprint density at radius 2 is 1.12 bits per heavy atom. The Hall–Kier alpha value is -4.06. The summed E-state index contributed by atoms with van der Waals surface area (Å²) in [6, 6.07) is 26.2. The van der Waals surface area contributed by atoms with Crippen molar-refractivity contribution < 1.29 is 38.5 Å². The smallest absolute Gasteiger partial charge is 0.305 e. The van der Waals surface area contributed by atoms with E-state index in [1.165, 1.54) is 14.2 Å². The lowest BCUT2D eigenvalue weighted by Crippen LogP contribution is -2.30. The van der Waals surface area contributed by atoms with E-state index in [9.17, 15) is 24.3 Å². The molecule has 0 radical (unpaired) electrons. The van der Waals surface area contributed by atoms with Crippen LogP contribution < -0.4 is 10.6 Å². The van der Waals surface area contributed by atoms with Crippen molar-refractivity contribution in [1.29, 1.82) is 0 Å². The maximum Gasteiger partial charge on any atom is 0.305 e. The van der Waals surface area contributed by atoms with Crippen LogP contribution in [0, 0.1) is 0 Å². The molecule has 0 aromatic heterocycles. The minimum absolute atomic E-state index is 0.156. The normalized spacial score (nSPS) is 11.7. The number of aliphatic hydroxyl groups is 1. The number of carbonyl (C=O) groups is 4. The highest BCUT2D eigenvalue weighted by Gasteiger charge is 2.19. The predicted molar refractivity (Wildman–Crippen MR) is 189 cm³/mol. The second kappa shape index (κ2) is 24.1. The zero-order valence-electron chi connectivity index (χ0n) is 27.7. The number of unbranched alkanes of at least 4 members (excludes halogenated alkanes) is 4. The fourth-order valence-electron chi connectivity index (χ4n) is 4.45. The molecule has 0 aliphatic carbocycles. The largest absolute Gasteiger partial charge is 0.469 e. The summed E-state index contributed by atoms with van der Waals surface area (Å²) >= 11 is 3.41. The monoisotopic (exact) mass is 726 g/mol. The van der Waals surface area contributed by atoms with E-state index in [1.54, 1.807) is 12.1 Å². The van der Waals surface area contributed by atoms with Crippen molar-refractivity contribution in [1.82, 2.24) is 0 Å². The number of nitrogens with one attached hydrogen (secondary N) is 2. The fourth-order valence-corrected chi connectivity index (χ4v) is 4.72. The Morgan fingerprint density at radius 3 is 1.62 bits per heavy atom. The van der Waals surface area contributed by atoms with E-state index in [2.05, 4.69) is 36.0 Å². The summed E-state index contributed by atoms with van der Waals surface area (Å²) in [5, 5.41) is 15.3. The molecule has 0 aliphatic rings. The molecule has 0 heterocycles. The molecule has 0 saturated heterocycles.